The van der Waals surface area contributed by atoms with E-state index in [0.717, 1.165) is 0 Å². The fraction of sp³-hybridized carbons (Fsp3) is 0.714. The lowest BCUT2D eigenvalue weighted by molar-refractivity contribution is -0.149. The first kappa shape index (κ1) is 10.2. The average molecular weight is 205 g/mol. The lowest BCUT2D eigenvalue weighted by Gasteiger charge is -2.18. The van der Waals surface area contributed by atoms with Crippen LogP contribution in [0.25, 0.3) is 0 Å². The van der Waals surface area contributed by atoms with Gasteiger partial charge in [-0.05, 0) is 0 Å². The van der Waals surface area contributed by atoms with Gasteiger partial charge < -0.3 is 9.64 Å². The molecular weight excluding hydrogens is 194 g/mol. The zero-order chi connectivity index (χ0) is 10.0. The highest BCUT2D eigenvalue weighted by Gasteiger charge is 2.37. The van der Waals surface area contributed by atoms with Gasteiger partial charge in [0.1, 0.15) is 6.04 Å². The number of rotatable bonds is 1. The molecule has 1 amide bonds. The molecule has 0 aromatic rings. The van der Waals surface area contributed by atoms with E-state index >= 15 is 0 Å². The van der Waals surface area contributed by atoms with Crippen LogP contribution in [0.15, 0.2) is 0 Å². The summed E-state index contributed by atoms with van der Waals surface area (Å²) in [5.41, 5.74) is 0. The maximum absolute atomic E-state index is 11.1. The molecule has 5 nitrogen and oxygen atoms in total. The number of amides is 1. The molecule has 1 rings (SSSR count). The van der Waals surface area contributed by atoms with E-state index in [9.17, 15) is 13.8 Å². The molecule has 74 valence electrons. The largest absolute Gasteiger partial charge is 0.467 e. The Bertz CT molecular complexity index is 265. The predicted octanol–water partition coefficient (Wildman–Crippen LogP) is -0.904. The molecule has 0 aliphatic carbocycles. The van der Waals surface area contributed by atoms with Crippen molar-refractivity contribution in [1.82, 2.24) is 4.90 Å². The molecule has 0 saturated carbocycles. The van der Waals surface area contributed by atoms with Gasteiger partial charge in [-0.3, -0.25) is 9.00 Å². The van der Waals surface area contributed by atoms with Crippen molar-refractivity contribution in [3.8, 4) is 0 Å². The maximum atomic E-state index is 11.1. The minimum Gasteiger partial charge on any atom is -0.467 e. The Morgan fingerprint density at radius 2 is 2.15 bits per heavy atom. The van der Waals surface area contributed by atoms with Crippen LogP contribution in [-0.4, -0.2) is 45.8 Å². The molecule has 0 aromatic carbocycles. The summed E-state index contributed by atoms with van der Waals surface area (Å²) in [6.07, 6.45) is 0. The third-order valence-corrected chi connectivity index (χ3v) is 3.13. The molecule has 6 heteroatoms. The fourth-order valence-electron chi connectivity index (χ4n) is 1.21. The highest BCUT2D eigenvalue weighted by molar-refractivity contribution is 7.85. The minimum absolute atomic E-state index is 0.134. The quantitative estimate of drug-likeness (QED) is 0.520. The smallest absolute Gasteiger partial charge is 0.329 e. The molecule has 0 bridgehead atoms. The van der Waals surface area contributed by atoms with Crippen LogP contribution in [0, 0.1) is 0 Å². The van der Waals surface area contributed by atoms with Crippen LogP contribution in [0.4, 0.5) is 0 Å². The molecular formula is C7H11NO4S. The van der Waals surface area contributed by atoms with E-state index < -0.39 is 22.8 Å². The number of nitrogens with zero attached hydrogens (tertiary/aromatic N) is 1. The summed E-state index contributed by atoms with van der Waals surface area (Å²) in [7, 11) is 0.130. The van der Waals surface area contributed by atoms with Crippen molar-refractivity contribution in [2.45, 2.75) is 13.0 Å². The van der Waals surface area contributed by atoms with Crippen molar-refractivity contribution < 1.29 is 18.5 Å². The SMILES string of the molecule is COC(=O)[C@@H]1CS(=O)CN1C(C)=O. The number of carbonyl (C=O) groups is 2. The van der Waals surface area contributed by atoms with E-state index in [-0.39, 0.29) is 17.5 Å². The summed E-state index contributed by atoms with van der Waals surface area (Å²) < 4.78 is 15.6. The Labute approximate surface area is 78.5 Å². The second kappa shape index (κ2) is 3.87. The monoisotopic (exact) mass is 205 g/mol. The van der Waals surface area contributed by atoms with E-state index in [1.54, 1.807) is 0 Å². The van der Waals surface area contributed by atoms with Crippen molar-refractivity contribution in [3.05, 3.63) is 0 Å². The van der Waals surface area contributed by atoms with Crippen LogP contribution in [0.5, 0.6) is 0 Å². The summed E-state index contributed by atoms with van der Waals surface area (Å²) in [5, 5.41) is 0. The second-order valence-electron chi connectivity index (χ2n) is 2.76. The topological polar surface area (TPSA) is 63.7 Å². The Kier molecular flexibility index (Phi) is 3.02. The molecule has 1 saturated heterocycles. The van der Waals surface area contributed by atoms with Crippen LogP contribution < -0.4 is 0 Å². The van der Waals surface area contributed by atoms with E-state index in [2.05, 4.69) is 4.74 Å². The minimum atomic E-state index is -1.12. The number of methoxy groups -OCH3 is 1. The molecule has 1 aliphatic heterocycles. The van der Waals surface area contributed by atoms with Gasteiger partial charge in [-0.2, -0.15) is 0 Å². The standard InChI is InChI=1S/C7H11NO4S/c1-5(9)8-4-13(11)3-6(8)7(10)12-2/h6H,3-4H2,1-2H3/t6-,13?/m0/s1. The van der Waals surface area contributed by atoms with Gasteiger partial charge in [0.05, 0.1) is 18.7 Å². The molecule has 1 aliphatic rings. The van der Waals surface area contributed by atoms with E-state index in [0.29, 0.717) is 0 Å². The first-order valence-electron chi connectivity index (χ1n) is 3.76. The second-order valence-corrected chi connectivity index (χ2v) is 4.23. The van der Waals surface area contributed by atoms with Gasteiger partial charge in [-0.15, -0.1) is 0 Å². The third kappa shape index (κ3) is 2.06. The van der Waals surface area contributed by atoms with Gasteiger partial charge in [0, 0.05) is 17.7 Å². The van der Waals surface area contributed by atoms with Crippen LogP contribution in [-0.2, 0) is 25.1 Å². The van der Waals surface area contributed by atoms with Crippen molar-refractivity contribution in [2.75, 3.05) is 18.7 Å². The highest BCUT2D eigenvalue weighted by Crippen LogP contribution is 2.13. The number of carbonyl (C=O) groups excluding carboxylic acids is 2. The Balaban J connectivity index is 2.77. The zero-order valence-corrected chi connectivity index (χ0v) is 8.30. The Morgan fingerprint density at radius 3 is 2.62 bits per heavy atom. The highest BCUT2D eigenvalue weighted by atomic mass is 32.2. The zero-order valence-electron chi connectivity index (χ0n) is 7.48. The summed E-state index contributed by atoms with van der Waals surface area (Å²) in [5.74, 6) is -0.427. The first-order valence-corrected chi connectivity index (χ1v) is 5.25. The van der Waals surface area contributed by atoms with Crippen molar-refractivity contribution >= 4 is 22.7 Å². The van der Waals surface area contributed by atoms with Gasteiger partial charge >= 0.3 is 5.97 Å². The molecule has 2 atom stereocenters. The van der Waals surface area contributed by atoms with Gasteiger partial charge in [0.25, 0.3) is 0 Å². The summed E-state index contributed by atoms with van der Waals surface area (Å²) >= 11 is 0. The van der Waals surface area contributed by atoms with Gasteiger partial charge in [0.2, 0.25) is 5.91 Å². The molecule has 1 heterocycles. The van der Waals surface area contributed by atoms with Crippen LogP contribution >= 0.6 is 0 Å². The van der Waals surface area contributed by atoms with Crippen LogP contribution in [0.3, 0.4) is 0 Å². The van der Waals surface area contributed by atoms with Crippen molar-refractivity contribution in [2.24, 2.45) is 0 Å². The fourth-order valence-corrected chi connectivity index (χ4v) is 2.65. The van der Waals surface area contributed by atoms with Gasteiger partial charge in [0.15, 0.2) is 0 Å². The number of esters is 1. The predicted molar refractivity (Wildman–Crippen MR) is 46.2 cm³/mol. The summed E-state index contributed by atoms with van der Waals surface area (Å²) in [6.45, 7) is 1.35. The molecule has 0 spiro atoms. The summed E-state index contributed by atoms with van der Waals surface area (Å²) in [6, 6.07) is -0.664. The molecule has 0 aromatic heterocycles. The van der Waals surface area contributed by atoms with Gasteiger partial charge in [-0.25, -0.2) is 4.79 Å². The van der Waals surface area contributed by atoms with Gasteiger partial charge in [-0.1, -0.05) is 0 Å². The number of ether oxygens (including phenoxy) is 1. The number of hydrogen-bond acceptors (Lipinski definition) is 4. The third-order valence-electron chi connectivity index (χ3n) is 1.88. The summed E-state index contributed by atoms with van der Waals surface area (Å²) in [4.78, 5) is 23.4. The molecule has 0 radical (unpaired) electrons. The molecule has 1 unspecified atom stereocenters. The lowest BCUT2D eigenvalue weighted by atomic mass is 10.3. The van der Waals surface area contributed by atoms with Crippen molar-refractivity contribution in [3.63, 3.8) is 0 Å². The Morgan fingerprint density at radius 1 is 1.54 bits per heavy atom. The van der Waals surface area contributed by atoms with Crippen LogP contribution in [0.2, 0.25) is 0 Å². The molecule has 0 N–H and O–H groups in total. The number of hydrogen-bond donors (Lipinski definition) is 0. The van der Waals surface area contributed by atoms with Crippen LogP contribution in [0.1, 0.15) is 6.92 Å². The normalized spacial score (nSPS) is 27.4. The lowest BCUT2D eigenvalue weighted by Crippen LogP contribution is -2.41. The van der Waals surface area contributed by atoms with E-state index in [1.807, 2.05) is 0 Å². The molecule has 13 heavy (non-hydrogen) atoms. The van der Waals surface area contributed by atoms with E-state index in [4.69, 9.17) is 0 Å². The van der Waals surface area contributed by atoms with Crippen molar-refractivity contribution in [1.29, 1.82) is 0 Å². The van der Waals surface area contributed by atoms with E-state index in [1.165, 1.54) is 18.9 Å². The average Bonchev–Trinajstić information content (AvgIpc) is 2.46. The first-order chi connectivity index (χ1) is 6.06. The maximum Gasteiger partial charge on any atom is 0.329 e. The molecule has 1 fully saturated rings. The Hall–Kier alpha value is -0.910.